The summed E-state index contributed by atoms with van der Waals surface area (Å²) in [5.74, 6) is 0. The van der Waals surface area contributed by atoms with Crippen LogP contribution in [0, 0.1) is 0 Å². The first kappa shape index (κ1) is 9.62. The third-order valence-corrected chi connectivity index (χ3v) is 2.82. The third-order valence-electron chi connectivity index (χ3n) is 2.07. The monoisotopic (exact) mass is 181 g/mol. The SMILES string of the molecule is CN[C@H](C)[C@@H](S)c1ccccc1. The molecule has 0 aliphatic heterocycles. The van der Waals surface area contributed by atoms with Crippen molar-refractivity contribution in [1.29, 1.82) is 0 Å². The number of thiol groups is 1. The molecule has 0 saturated heterocycles. The topological polar surface area (TPSA) is 12.0 Å². The van der Waals surface area contributed by atoms with Crippen LogP contribution < -0.4 is 5.32 Å². The van der Waals surface area contributed by atoms with Crippen LogP contribution >= 0.6 is 12.6 Å². The number of rotatable bonds is 3. The second-order valence-corrected chi connectivity index (χ2v) is 3.49. The van der Waals surface area contributed by atoms with Gasteiger partial charge in [0.05, 0.1) is 0 Å². The first-order chi connectivity index (χ1) is 5.75. The first-order valence-electron chi connectivity index (χ1n) is 4.16. The van der Waals surface area contributed by atoms with E-state index in [0.29, 0.717) is 6.04 Å². The molecule has 12 heavy (non-hydrogen) atoms. The lowest BCUT2D eigenvalue weighted by atomic mass is 10.1. The molecule has 1 nitrogen and oxygen atoms in total. The zero-order valence-electron chi connectivity index (χ0n) is 7.49. The van der Waals surface area contributed by atoms with Crippen molar-refractivity contribution >= 4 is 12.6 Å². The van der Waals surface area contributed by atoms with Crippen molar-refractivity contribution in [3.8, 4) is 0 Å². The molecule has 0 spiro atoms. The normalized spacial score (nSPS) is 15.6. The summed E-state index contributed by atoms with van der Waals surface area (Å²) in [7, 11) is 1.96. The summed E-state index contributed by atoms with van der Waals surface area (Å²) in [5.41, 5.74) is 1.27. The molecule has 0 radical (unpaired) electrons. The van der Waals surface area contributed by atoms with E-state index in [2.05, 4.69) is 37.0 Å². The zero-order valence-corrected chi connectivity index (χ0v) is 8.38. The van der Waals surface area contributed by atoms with Crippen molar-refractivity contribution in [3.63, 3.8) is 0 Å². The van der Waals surface area contributed by atoms with E-state index in [0.717, 1.165) is 0 Å². The highest BCUT2D eigenvalue weighted by Crippen LogP contribution is 2.22. The highest BCUT2D eigenvalue weighted by atomic mass is 32.1. The van der Waals surface area contributed by atoms with Crippen molar-refractivity contribution in [2.45, 2.75) is 18.2 Å². The Morgan fingerprint density at radius 2 is 1.83 bits per heavy atom. The van der Waals surface area contributed by atoms with Gasteiger partial charge in [-0.25, -0.2) is 0 Å². The molecular formula is C10H15NS. The Morgan fingerprint density at radius 3 is 2.33 bits per heavy atom. The fourth-order valence-electron chi connectivity index (χ4n) is 1.10. The summed E-state index contributed by atoms with van der Waals surface area (Å²) < 4.78 is 0. The average molecular weight is 181 g/mol. The predicted molar refractivity (Wildman–Crippen MR) is 56.7 cm³/mol. The van der Waals surface area contributed by atoms with Crippen LogP contribution in [0.2, 0.25) is 0 Å². The molecule has 0 heterocycles. The van der Waals surface area contributed by atoms with Crippen LogP contribution in [0.1, 0.15) is 17.7 Å². The summed E-state index contributed by atoms with van der Waals surface area (Å²) >= 11 is 4.53. The highest BCUT2D eigenvalue weighted by Gasteiger charge is 2.11. The molecule has 66 valence electrons. The maximum atomic E-state index is 4.53. The molecule has 0 aliphatic rings. The molecule has 0 amide bonds. The van der Waals surface area contributed by atoms with Crippen LogP contribution in [0.5, 0.6) is 0 Å². The van der Waals surface area contributed by atoms with Gasteiger partial charge in [0.1, 0.15) is 0 Å². The van der Waals surface area contributed by atoms with Crippen LogP contribution in [-0.2, 0) is 0 Å². The molecule has 0 aromatic heterocycles. The van der Waals surface area contributed by atoms with Gasteiger partial charge < -0.3 is 5.32 Å². The lowest BCUT2D eigenvalue weighted by molar-refractivity contribution is 0.600. The van der Waals surface area contributed by atoms with Gasteiger partial charge in [0.25, 0.3) is 0 Å². The number of likely N-dealkylation sites (N-methyl/N-ethyl adjacent to an activating group) is 1. The summed E-state index contributed by atoms with van der Waals surface area (Å²) in [6.45, 7) is 2.13. The highest BCUT2D eigenvalue weighted by molar-refractivity contribution is 7.80. The maximum Gasteiger partial charge on any atom is 0.0417 e. The van der Waals surface area contributed by atoms with E-state index in [9.17, 15) is 0 Å². The Labute approximate surface area is 79.6 Å². The van der Waals surface area contributed by atoms with Gasteiger partial charge in [0, 0.05) is 11.3 Å². The molecule has 0 fully saturated rings. The number of hydrogen-bond donors (Lipinski definition) is 2. The molecule has 0 saturated carbocycles. The number of hydrogen-bond acceptors (Lipinski definition) is 2. The maximum absolute atomic E-state index is 4.53. The van der Waals surface area contributed by atoms with Crippen molar-refractivity contribution in [3.05, 3.63) is 35.9 Å². The zero-order chi connectivity index (χ0) is 8.97. The van der Waals surface area contributed by atoms with Crippen LogP contribution in [0.3, 0.4) is 0 Å². The molecule has 1 aromatic carbocycles. The minimum absolute atomic E-state index is 0.274. The molecule has 1 rings (SSSR count). The van der Waals surface area contributed by atoms with E-state index in [-0.39, 0.29) is 5.25 Å². The Kier molecular flexibility index (Phi) is 3.63. The van der Waals surface area contributed by atoms with Gasteiger partial charge >= 0.3 is 0 Å². The second kappa shape index (κ2) is 4.53. The largest absolute Gasteiger partial charge is 0.316 e. The predicted octanol–water partition coefficient (Wildman–Crippen LogP) is 2.27. The van der Waals surface area contributed by atoms with Crippen LogP contribution in [0.25, 0.3) is 0 Å². The molecule has 2 atom stereocenters. The van der Waals surface area contributed by atoms with Crippen molar-refractivity contribution in [2.24, 2.45) is 0 Å². The molecule has 1 N–H and O–H groups in total. The Bertz CT molecular complexity index is 223. The lowest BCUT2D eigenvalue weighted by Crippen LogP contribution is -2.25. The van der Waals surface area contributed by atoms with Crippen LogP contribution in [0.15, 0.2) is 30.3 Å². The molecule has 1 aromatic rings. The van der Waals surface area contributed by atoms with E-state index in [1.165, 1.54) is 5.56 Å². The number of nitrogens with one attached hydrogen (secondary N) is 1. The summed E-state index contributed by atoms with van der Waals surface area (Å²) in [6, 6.07) is 10.7. The fraction of sp³-hybridized carbons (Fsp3) is 0.400. The van der Waals surface area contributed by atoms with Crippen molar-refractivity contribution < 1.29 is 0 Å². The minimum atomic E-state index is 0.274. The van der Waals surface area contributed by atoms with E-state index in [1.54, 1.807) is 0 Å². The molecule has 2 heteroatoms. The van der Waals surface area contributed by atoms with Crippen molar-refractivity contribution in [1.82, 2.24) is 5.32 Å². The van der Waals surface area contributed by atoms with Gasteiger partial charge in [-0.1, -0.05) is 30.3 Å². The summed E-state index contributed by atoms with van der Waals surface area (Å²) in [6.07, 6.45) is 0. The van der Waals surface area contributed by atoms with Crippen LogP contribution in [-0.4, -0.2) is 13.1 Å². The quantitative estimate of drug-likeness (QED) is 0.682. The fourth-order valence-corrected chi connectivity index (χ4v) is 1.42. The van der Waals surface area contributed by atoms with E-state index >= 15 is 0 Å². The summed E-state index contributed by atoms with van der Waals surface area (Å²) in [5, 5.41) is 3.46. The van der Waals surface area contributed by atoms with Gasteiger partial charge in [-0.15, -0.1) is 0 Å². The first-order valence-corrected chi connectivity index (χ1v) is 4.67. The lowest BCUT2D eigenvalue weighted by Gasteiger charge is -2.18. The average Bonchev–Trinajstić information content (AvgIpc) is 2.17. The second-order valence-electron chi connectivity index (χ2n) is 2.93. The molecule has 0 aliphatic carbocycles. The minimum Gasteiger partial charge on any atom is -0.316 e. The Hall–Kier alpha value is -0.470. The van der Waals surface area contributed by atoms with Gasteiger partial charge in [0.15, 0.2) is 0 Å². The van der Waals surface area contributed by atoms with E-state index in [4.69, 9.17) is 0 Å². The standard InChI is InChI=1S/C10H15NS/c1-8(11-2)10(12)9-6-4-3-5-7-9/h3-8,10-12H,1-2H3/t8-,10-/m1/s1. The Balaban J connectivity index is 2.71. The molecule has 0 bridgehead atoms. The van der Waals surface area contributed by atoms with E-state index in [1.807, 2.05) is 25.2 Å². The van der Waals surface area contributed by atoms with Gasteiger partial charge in [-0.3, -0.25) is 0 Å². The summed E-state index contributed by atoms with van der Waals surface area (Å²) in [4.78, 5) is 0. The van der Waals surface area contributed by atoms with Crippen LogP contribution in [0.4, 0.5) is 0 Å². The smallest absolute Gasteiger partial charge is 0.0417 e. The number of benzene rings is 1. The molecular weight excluding hydrogens is 166 g/mol. The van der Waals surface area contributed by atoms with E-state index < -0.39 is 0 Å². The third kappa shape index (κ3) is 2.26. The Morgan fingerprint density at radius 1 is 1.25 bits per heavy atom. The van der Waals surface area contributed by atoms with Gasteiger partial charge in [0.2, 0.25) is 0 Å². The van der Waals surface area contributed by atoms with Crippen molar-refractivity contribution in [2.75, 3.05) is 7.05 Å². The van der Waals surface area contributed by atoms with Gasteiger partial charge in [-0.2, -0.15) is 12.6 Å². The molecule has 0 unspecified atom stereocenters. The van der Waals surface area contributed by atoms with Gasteiger partial charge in [-0.05, 0) is 19.5 Å².